The Morgan fingerprint density at radius 1 is 0.654 bits per heavy atom. The van der Waals surface area contributed by atoms with E-state index in [-0.39, 0.29) is 18.4 Å². The topological polar surface area (TPSA) is 55.4 Å². The molecular weight excluding hydrogens is 326 g/mol. The minimum atomic E-state index is -0.346. The third-order valence-electron chi connectivity index (χ3n) is 4.74. The Balaban J connectivity index is 3.09. The number of ether oxygens (including phenoxy) is 1. The Hall–Kier alpha value is -1.06. The van der Waals surface area contributed by atoms with Gasteiger partial charge in [-0.1, -0.05) is 103 Å². The molecule has 26 heavy (non-hydrogen) atoms. The molecule has 0 spiro atoms. The minimum Gasteiger partial charge on any atom is -0.464 e. The number of amides is 1. The second-order valence-electron chi connectivity index (χ2n) is 7.43. The molecule has 154 valence electrons. The van der Waals surface area contributed by atoms with Gasteiger partial charge in [-0.25, -0.2) is 0 Å². The Kier molecular flexibility index (Phi) is 19.4. The quantitative estimate of drug-likeness (QED) is 0.227. The normalized spacial score (nSPS) is 10.7. The van der Waals surface area contributed by atoms with Crippen molar-refractivity contribution in [2.75, 3.05) is 13.2 Å². The second-order valence-corrected chi connectivity index (χ2v) is 7.43. The first kappa shape index (κ1) is 24.9. The van der Waals surface area contributed by atoms with E-state index in [4.69, 9.17) is 4.74 Å². The van der Waals surface area contributed by atoms with E-state index in [1.807, 2.05) is 0 Å². The second kappa shape index (κ2) is 20.3. The molecule has 0 unspecified atom stereocenters. The van der Waals surface area contributed by atoms with Crippen LogP contribution < -0.4 is 5.32 Å². The van der Waals surface area contributed by atoms with Crippen molar-refractivity contribution in [3.63, 3.8) is 0 Å². The first-order valence-corrected chi connectivity index (χ1v) is 11.1. The molecule has 0 aromatic heterocycles. The molecule has 0 atom stereocenters. The number of hydrogen-bond acceptors (Lipinski definition) is 3. The number of nitrogens with one attached hydrogen (secondary N) is 1. The number of rotatable bonds is 19. The van der Waals surface area contributed by atoms with Crippen LogP contribution in [0.1, 0.15) is 117 Å². The predicted octanol–water partition coefficient (Wildman–Crippen LogP) is 5.93. The number of carbonyl (C=O) groups is 2. The van der Waals surface area contributed by atoms with Gasteiger partial charge < -0.3 is 10.1 Å². The van der Waals surface area contributed by atoms with E-state index < -0.39 is 0 Å². The lowest BCUT2D eigenvalue weighted by molar-refractivity contribution is -0.143. The van der Waals surface area contributed by atoms with Crippen LogP contribution in [0.5, 0.6) is 0 Å². The van der Waals surface area contributed by atoms with Crippen LogP contribution in [0.4, 0.5) is 0 Å². The van der Waals surface area contributed by atoms with Crippen molar-refractivity contribution in [3.05, 3.63) is 0 Å². The van der Waals surface area contributed by atoms with Crippen molar-refractivity contribution < 1.29 is 14.3 Å². The summed E-state index contributed by atoms with van der Waals surface area (Å²) in [6.45, 7) is 4.11. The molecule has 0 bridgehead atoms. The summed E-state index contributed by atoms with van der Waals surface area (Å²) in [5.74, 6) is -0.550. The maximum Gasteiger partial charge on any atom is 0.325 e. The van der Waals surface area contributed by atoms with E-state index in [2.05, 4.69) is 12.2 Å². The fourth-order valence-electron chi connectivity index (χ4n) is 3.08. The summed E-state index contributed by atoms with van der Waals surface area (Å²) in [6.07, 6.45) is 21.3. The van der Waals surface area contributed by atoms with Crippen LogP contribution in [-0.4, -0.2) is 25.0 Å². The van der Waals surface area contributed by atoms with Crippen LogP contribution in [0.15, 0.2) is 0 Å². The molecule has 0 aromatic rings. The summed E-state index contributed by atoms with van der Waals surface area (Å²) in [5.41, 5.74) is 0. The molecule has 0 saturated carbocycles. The average Bonchev–Trinajstić information content (AvgIpc) is 2.62. The summed E-state index contributed by atoms with van der Waals surface area (Å²) in [4.78, 5) is 21.9. The summed E-state index contributed by atoms with van der Waals surface area (Å²) in [7, 11) is 0. The van der Waals surface area contributed by atoms with Crippen LogP contribution in [0.25, 0.3) is 0 Å². The number of unbranched alkanes of at least 4 members (excludes halogenated alkanes) is 15. The lowest BCUT2D eigenvalue weighted by Gasteiger charge is -2.05. The van der Waals surface area contributed by atoms with Crippen LogP contribution >= 0.6 is 0 Å². The number of esters is 1. The van der Waals surface area contributed by atoms with Gasteiger partial charge in [0.05, 0.1) is 6.61 Å². The van der Waals surface area contributed by atoms with Gasteiger partial charge in [0.15, 0.2) is 0 Å². The molecule has 0 radical (unpaired) electrons. The molecule has 0 aliphatic heterocycles. The Morgan fingerprint density at radius 3 is 1.42 bits per heavy atom. The molecule has 0 aliphatic rings. The number of hydrogen-bond donors (Lipinski definition) is 1. The van der Waals surface area contributed by atoms with Crippen molar-refractivity contribution in [2.45, 2.75) is 117 Å². The van der Waals surface area contributed by atoms with Gasteiger partial charge in [0, 0.05) is 6.92 Å². The third-order valence-corrected chi connectivity index (χ3v) is 4.74. The summed E-state index contributed by atoms with van der Waals surface area (Å²) in [5, 5.41) is 2.44. The van der Waals surface area contributed by atoms with Gasteiger partial charge in [-0.3, -0.25) is 9.59 Å². The molecule has 1 amide bonds. The van der Waals surface area contributed by atoms with Crippen molar-refractivity contribution in [1.82, 2.24) is 5.32 Å². The molecular formula is C22H43NO3. The Bertz CT molecular complexity index is 331. The molecule has 1 N–H and O–H groups in total. The van der Waals surface area contributed by atoms with Crippen LogP contribution in [0, 0.1) is 0 Å². The minimum absolute atomic E-state index is 0.0197. The SMILES string of the molecule is CCCCCCCCCCCCCCCCCCOC(=O)CNC(C)=O. The molecule has 0 heterocycles. The van der Waals surface area contributed by atoms with Crippen molar-refractivity contribution >= 4 is 11.9 Å². The summed E-state index contributed by atoms with van der Waals surface area (Å²) < 4.78 is 5.06. The summed E-state index contributed by atoms with van der Waals surface area (Å²) in [6, 6.07) is 0. The van der Waals surface area contributed by atoms with Crippen LogP contribution in [-0.2, 0) is 14.3 Å². The highest BCUT2D eigenvalue weighted by Crippen LogP contribution is 2.13. The highest BCUT2D eigenvalue weighted by atomic mass is 16.5. The van der Waals surface area contributed by atoms with E-state index in [9.17, 15) is 9.59 Å². The van der Waals surface area contributed by atoms with Gasteiger partial charge >= 0.3 is 5.97 Å². The zero-order valence-electron chi connectivity index (χ0n) is 17.5. The smallest absolute Gasteiger partial charge is 0.325 e. The predicted molar refractivity (Wildman–Crippen MR) is 109 cm³/mol. The molecule has 4 nitrogen and oxygen atoms in total. The zero-order chi connectivity index (χ0) is 19.3. The van der Waals surface area contributed by atoms with E-state index in [1.54, 1.807) is 0 Å². The van der Waals surface area contributed by atoms with Gasteiger partial charge in [0.25, 0.3) is 0 Å². The van der Waals surface area contributed by atoms with Gasteiger partial charge in [0.1, 0.15) is 6.54 Å². The maximum atomic E-state index is 11.3. The highest BCUT2D eigenvalue weighted by molar-refractivity contribution is 5.80. The van der Waals surface area contributed by atoms with Gasteiger partial charge in [-0.15, -0.1) is 0 Å². The highest BCUT2D eigenvalue weighted by Gasteiger charge is 2.02. The molecule has 4 heteroatoms. The molecule has 0 saturated heterocycles. The van der Waals surface area contributed by atoms with E-state index in [1.165, 1.54) is 96.8 Å². The number of carbonyl (C=O) groups excluding carboxylic acids is 2. The van der Waals surface area contributed by atoms with Crippen molar-refractivity contribution in [2.24, 2.45) is 0 Å². The van der Waals surface area contributed by atoms with Gasteiger partial charge in [-0.05, 0) is 6.42 Å². The van der Waals surface area contributed by atoms with Crippen LogP contribution in [0.3, 0.4) is 0 Å². The van der Waals surface area contributed by atoms with Gasteiger partial charge in [-0.2, -0.15) is 0 Å². The lowest BCUT2D eigenvalue weighted by atomic mass is 10.0. The third kappa shape index (κ3) is 21.0. The van der Waals surface area contributed by atoms with Gasteiger partial charge in [0.2, 0.25) is 5.91 Å². The lowest BCUT2D eigenvalue weighted by Crippen LogP contribution is -2.28. The maximum absolute atomic E-state index is 11.3. The van der Waals surface area contributed by atoms with Crippen molar-refractivity contribution in [3.8, 4) is 0 Å². The Labute approximate surface area is 161 Å². The largest absolute Gasteiger partial charge is 0.464 e. The molecule has 0 fully saturated rings. The standard InChI is InChI=1S/C22H43NO3/c1-3-4-5-6-7-8-9-10-11-12-13-14-15-16-17-18-19-26-22(25)20-23-21(2)24/h3-20H2,1-2H3,(H,23,24). The van der Waals surface area contributed by atoms with E-state index >= 15 is 0 Å². The van der Waals surface area contributed by atoms with Crippen LogP contribution in [0.2, 0.25) is 0 Å². The molecule has 0 aromatic carbocycles. The van der Waals surface area contributed by atoms with E-state index in [0.29, 0.717) is 6.61 Å². The summed E-state index contributed by atoms with van der Waals surface area (Å²) >= 11 is 0. The first-order valence-electron chi connectivity index (χ1n) is 11.1. The fraction of sp³-hybridized carbons (Fsp3) is 0.909. The Morgan fingerprint density at radius 2 is 1.04 bits per heavy atom. The average molecular weight is 370 g/mol. The fourth-order valence-corrected chi connectivity index (χ4v) is 3.08. The monoisotopic (exact) mass is 369 g/mol. The molecule has 0 rings (SSSR count). The van der Waals surface area contributed by atoms with Crippen molar-refractivity contribution in [1.29, 1.82) is 0 Å². The van der Waals surface area contributed by atoms with E-state index in [0.717, 1.165) is 12.8 Å². The molecule has 0 aliphatic carbocycles. The zero-order valence-corrected chi connectivity index (χ0v) is 17.5. The first-order chi connectivity index (χ1) is 12.7.